The molecule has 1 fully saturated rings. The van der Waals surface area contributed by atoms with Crippen molar-refractivity contribution in [3.8, 4) is 0 Å². The van der Waals surface area contributed by atoms with Gasteiger partial charge >= 0.3 is 0 Å². The van der Waals surface area contributed by atoms with E-state index < -0.39 is 38.0 Å². The molecule has 1 unspecified atom stereocenters. The first-order chi connectivity index (χ1) is 14.1. The molecule has 2 aromatic carbocycles. The zero-order valence-corrected chi connectivity index (χ0v) is 17.5. The number of rotatable bonds is 5. The Bertz CT molecular complexity index is 1110. The largest absolute Gasteiger partial charge is 0.319 e. The molecule has 11 heteroatoms. The van der Waals surface area contributed by atoms with Crippen LogP contribution in [0.25, 0.3) is 0 Å². The Morgan fingerprint density at radius 2 is 2.03 bits per heavy atom. The molecule has 0 saturated carbocycles. The van der Waals surface area contributed by atoms with Crippen molar-refractivity contribution < 1.29 is 22.5 Å². The van der Waals surface area contributed by atoms with Crippen LogP contribution in [0.15, 0.2) is 41.3 Å². The van der Waals surface area contributed by atoms with Gasteiger partial charge in [-0.2, -0.15) is 4.31 Å². The molecule has 1 atom stereocenters. The topological polar surface area (TPSA) is 110 Å². The SMILES string of the molecule is CC1CCCN(S(=O)(=O)c2cc(C(=O)Nc3cc([N+](=O)[O-])ccc3F)ccc2Cl)C1. The lowest BCUT2D eigenvalue weighted by atomic mass is 10.0. The van der Waals surface area contributed by atoms with Gasteiger partial charge in [0.15, 0.2) is 0 Å². The molecule has 0 bridgehead atoms. The van der Waals surface area contributed by atoms with E-state index in [0.29, 0.717) is 13.1 Å². The van der Waals surface area contributed by atoms with E-state index in [1.807, 2.05) is 6.92 Å². The maximum absolute atomic E-state index is 14.0. The molecule has 160 valence electrons. The number of piperidine rings is 1. The maximum atomic E-state index is 14.0. The molecule has 1 heterocycles. The van der Waals surface area contributed by atoms with Crippen LogP contribution in [0, 0.1) is 21.8 Å². The molecule has 0 spiro atoms. The van der Waals surface area contributed by atoms with E-state index in [1.54, 1.807) is 0 Å². The molecule has 1 saturated heterocycles. The number of carbonyl (C=O) groups is 1. The summed E-state index contributed by atoms with van der Waals surface area (Å²) in [6.45, 7) is 2.67. The lowest BCUT2D eigenvalue weighted by Crippen LogP contribution is -2.39. The number of carbonyl (C=O) groups excluding carboxylic acids is 1. The highest BCUT2D eigenvalue weighted by atomic mass is 35.5. The first-order valence-electron chi connectivity index (χ1n) is 9.14. The second kappa shape index (κ2) is 8.66. The molecule has 0 aromatic heterocycles. The minimum atomic E-state index is -3.92. The molecular weight excluding hydrogens is 437 g/mol. The molecule has 1 aliphatic heterocycles. The van der Waals surface area contributed by atoms with Crippen molar-refractivity contribution >= 4 is 38.9 Å². The summed E-state index contributed by atoms with van der Waals surface area (Å²) >= 11 is 6.11. The Kier molecular flexibility index (Phi) is 6.39. The number of benzene rings is 2. The van der Waals surface area contributed by atoms with Gasteiger partial charge in [-0.05, 0) is 43.0 Å². The van der Waals surface area contributed by atoms with Crippen molar-refractivity contribution in [2.75, 3.05) is 18.4 Å². The Labute approximate surface area is 177 Å². The predicted molar refractivity (Wildman–Crippen MR) is 110 cm³/mol. The summed E-state index contributed by atoms with van der Waals surface area (Å²) < 4.78 is 41.4. The maximum Gasteiger partial charge on any atom is 0.271 e. The van der Waals surface area contributed by atoms with Gasteiger partial charge in [0, 0.05) is 30.8 Å². The van der Waals surface area contributed by atoms with Crippen LogP contribution in [-0.2, 0) is 10.0 Å². The van der Waals surface area contributed by atoms with Crippen molar-refractivity contribution in [3.63, 3.8) is 0 Å². The molecule has 0 aliphatic carbocycles. The molecule has 3 rings (SSSR count). The van der Waals surface area contributed by atoms with Gasteiger partial charge < -0.3 is 5.32 Å². The minimum absolute atomic E-state index is 0.0358. The fourth-order valence-corrected chi connectivity index (χ4v) is 5.36. The molecule has 2 aromatic rings. The number of hydrogen-bond acceptors (Lipinski definition) is 5. The third-order valence-corrected chi connectivity index (χ3v) is 7.19. The first kappa shape index (κ1) is 22.1. The van der Waals surface area contributed by atoms with E-state index in [0.717, 1.165) is 37.1 Å². The average Bonchev–Trinajstić information content (AvgIpc) is 2.69. The van der Waals surface area contributed by atoms with Crippen molar-refractivity contribution in [1.82, 2.24) is 4.31 Å². The second-order valence-corrected chi connectivity index (χ2v) is 9.44. The zero-order valence-electron chi connectivity index (χ0n) is 16.0. The fourth-order valence-electron chi connectivity index (χ4n) is 3.26. The van der Waals surface area contributed by atoms with E-state index in [4.69, 9.17) is 11.6 Å². The van der Waals surface area contributed by atoms with Crippen molar-refractivity contribution in [1.29, 1.82) is 0 Å². The molecular formula is C19H19ClFN3O5S. The number of non-ortho nitro benzene ring substituents is 1. The van der Waals surface area contributed by atoms with Gasteiger partial charge in [0.25, 0.3) is 11.6 Å². The fraction of sp³-hybridized carbons (Fsp3) is 0.316. The normalized spacial score (nSPS) is 17.5. The van der Waals surface area contributed by atoms with Gasteiger partial charge in [-0.3, -0.25) is 14.9 Å². The van der Waals surface area contributed by atoms with Crippen LogP contribution < -0.4 is 5.32 Å². The number of nitrogens with one attached hydrogen (secondary N) is 1. The van der Waals surface area contributed by atoms with E-state index in [1.165, 1.54) is 16.4 Å². The van der Waals surface area contributed by atoms with Crippen LogP contribution in [0.5, 0.6) is 0 Å². The Morgan fingerprint density at radius 1 is 1.30 bits per heavy atom. The average molecular weight is 456 g/mol. The number of anilines is 1. The third kappa shape index (κ3) is 4.61. The summed E-state index contributed by atoms with van der Waals surface area (Å²) in [6.07, 6.45) is 1.65. The van der Waals surface area contributed by atoms with Crippen LogP contribution in [0.3, 0.4) is 0 Å². The second-order valence-electron chi connectivity index (χ2n) is 7.13. The highest BCUT2D eigenvalue weighted by Gasteiger charge is 2.31. The Hall–Kier alpha value is -2.56. The summed E-state index contributed by atoms with van der Waals surface area (Å²) in [5.41, 5.74) is -0.863. The predicted octanol–water partition coefficient (Wildman–Crippen LogP) is 4.06. The van der Waals surface area contributed by atoms with Gasteiger partial charge in [0.05, 0.1) is 15.6 Å². The van der Waals surface area contributed by atoms with Crippen molar-refractivity contribution in [2.24, 2.45) is 5.92 Å². The lowest BCUT2D eigenvalue weighted by molar-refractivity contribution is -0.384. The molecule has 0 radical (unpaired) electrons. The Morgan fingerprint density at radius 3 is 2.70 bits per heavy atom. The molecule has 1 amide bonds. The van der Waals surface area contributed by atoms with Crippen LogP contribution >= 0.6 is 11.6 Å². The van der Waals surface area contributed by atoms with Crippen LogP contribution in [-0.4, -0.2) is 36.6 Å². The van der Waals surface area contributed by atoms with Gasteiger partial charge in [-0.15, -0.1) is 0 Å². The molecule has 1 aliphatic rings. The van der Waals surface area contributed by atoms with E-state index >= 15 is 0 Å². The van der Waals surface area contributed by atoms with E-state index in [-0.39, 0.29) is 21.4 Å². The number of hydrogen-bond donors (Lipinski definition) is 1. The summed E-state index contributed by atoms with van der Waals surface area (Å²) in [5, 5.41) is 13.1. The lowest BCUT2D eigenvalue weighted by Gasteiger charge is -2.30. The smallest absolute Gasteiger partial charge is 0.271 e. The number of amides is 1. The molecule has 30 heavy (non-hydrogen) atoms. The zero-order chi connectivity index (χ0) is 22.1. The summed E-state index contributed by atoms with van der Waals surface area (Å²) in [5.74, 6) is -1.48. The van der Waals surface area contributed by atoms with E-state index in [9.17, 15) is 27.7 Å². The highest BCUT2D eigenvalue weighted by Crippen LogP contribution is 2.30. The Balaban J connectivity index is 1.91. The van der Waals surface area contributed by atoms with Gasteiger partial charge in [-0.1, -0.05) is 18.5 Å². The summed E-state index contributed by atoms with van der Waals surface area (Å²) in [7, 11) is -3.92. The number of nitro benzene ring substituents is 1. The number of nitro groups is 1. The number of sulfonamides is 1. The number of nitrogens with zero attached hydrogens (tertiary/aromatic N) is 2. The van der Waals surface area contributed by atoms with Crippen LogP contribution in [0.1, 0.15) is 30.1 Å². The monoisotopic (exact) mass is 455 g/mol. The van der Waals surface area contributed by atoms with Crippen molar-refractivity contribution in [2.45, 2.75) is 24.7 Å². The standard InChI is InChI=1S/C19H19ClFN3O5S/c1-12-3-2-8-23(11-12)30(28,29)18-9-13(4-6-15(18)20)19(25)22-17-10-14(24(26)27)5-7-16(17)21/h4-7,9-10,12H,2-3,8,11H2,1H3,(H,22,25). The van der Waals surface area contributed by atoms with Crippen LogP contribution in [0.2, 0.25) is 5.02 Å². The van der Waals surface area contributed by atoms with E-state index in [2.05, 4.69) is 5.32 Å². The van der Waals surface area contributed by atoms with Gasteiger partial charge in [-0.25, -0.2) is 12.8 Å². The summed E-state index contributed by atoms with van der Waals surface area (Å²) in [6, 6.07) is 6.42. The highest BCUT2D eigenvalue weighted by molar-refractivity contribution is 7.89. The third-order valence-electron chi connectivity index (χ3n) is 4.84. The molecule has 1 N–H and O–H groups in total. The van der Waals surface area contributed by atoms with Crippen molar-refractivity contribution in [3.05, 3.63) is 62.9 Å². The molecule has 8 nitrogen and oxygen atoms in total. The quantitative estimate of drug-likeness (QED) is 0.540. The van der Waals surface area contributed by atoms with Gasteiger partial charge in [0.1, 0.15) is 10.7 Å². The minimum Gasteiger partial charge on any atom is -0.319 e. The van der Waals surface area contributed by atoms with Crippen LogP contribution in [0.4, 0.5) is 15.8 Å². The van der Waals surface area contributed by atoms with Gasteiger partial charge in [0.2, 0.25) is 10.0 Å². The first-order valence-corrected chi connectivity index (χ1v) is 11.0. The number of halogens is 2. The summed E-state index contributed by atoms with van der Waals surface area (Å²) in [4.78, 5) is 22.5.